The van der Waals surface area contributed by atoms with Gasteiger partial charge in [-0.15, -0.1) is 0 Å². The van der Waals surface area contributed by atoms with E-state index in [9.17, 15) is 8.78 Å². The zero-order chi connectivity index (χ0) is 13.6. The molecule has 0 aliphatic heterocycles. The molecular formula is C14H9ClF2N2. The van der Waals surface area contributed by atoms with Crippen LogP contribution in [0.15, 0.2) is 30.3 Å². The van der Waals surface area contributed by atoms with Crippen LogP contribution in [0, 0.1) is 18.6 Å². The van der Waals surface area contributed by atoms with E-state index in [0.29, 0.717) is 16.4 Å². The summed E-state index contributed by atoms with van der Waals surface area (Å²) in [6, 6.07) is 7.39. The summed E-state index contributed by atoms with van der Waals surface area (Å²) >= 11 is 5.95. The van der Waals surface area contributed by atoms with Gasteiger partial charge in [0.15, 0.2) is 5.82 Å². The molecule has 2 nitrogen and oxygen atoms in total. The highest BCUT2D eigenvalue weighted by atomic mass is 35.5. The van der Waals surface area contributed by atoms with Crippen molar-refractivity contribution in [3.05, 3.63) is 52.6 Å². The number of halogens is 3. The molecule has 2 aromatic carbocycles. The van der Waals surface area contributed by atoms with Gasteiger partial charge in [-0.05, 0) is 30.7 Å². The molecule has 0 atom stereocenters. The van der Waals surface area contributed by atoms with Crippen molar-refractivity contribution >= 4 is 22.6 Å². The zero-order valence-electron chi connectivity index (χ0n) is 9.97. The summed E-state index contributed by atoms with van der Waals surface area (Å²) in [6.45, 7) is 1.90. The fourth-order valence-corrected chi connectivity index (χ4v) is 2.19. The van der Waals surface area contributed by atoms with Crippen LogP contribution in [0.5, 0.6) is 0 Å². The minimum absolute atomic E-state index is 0.121. The second-order valence-electron chi connectivity index (χ2n) is 4.33. The fourth-order valence-electron chi connectivity index (χ4n) is 2.02. The Kier molecular flexibility index (Phi) is 2.75. The number of aromatic amines is 1. The summed E-state index contributed by atoms with van der Waals surface area (Å²) in [5, 5.41) is 0.563. The molecule has 1 heterocycles. The van der Waals surface area contributed by atoms with Gasteiger partial charge in [0, 0.05) is 16.7 Å². The quantitative estimate of drug-likeness (QED) is 0.699. The number of fused-ring (bicyclic) bond motifs is 1. The van der Waals surface area contributed by atoms with Crippen LogP contribution in [-0.4, -0.2) is 9.97 Å². The summed E-state index contributed by atoms with van der Waals surface area (Å²) in [4.78, 5) is 7.08. The molecule has 3 rings (SSSR count). The standard InChI is InChI=1S/C14H9ClF2N2/c1-7-2-3-8(15)4-10(7)14-18-12-6-9(16)5-11(17)13(12)19-14/h2-6H,1H3,(H,18,19). The number of imidazole rings is 1. The average Bonchev–Trinajstić information content (AvgIpc) is 2.76. The SMILES string of the molecule is Cc1ccc(Cl)cc1-c1nc2c(F)cc(F)cc2[nH]1. The Hall–Kier alpha value is -1.94. The molecule has 1 aromatic heterocycles. The zero-order valence-corrected chi connectivity index (χ0v) is 10.7. The third-order valence-electron chi connectivity index (χ3n) is 2.96. The minimum atomic E-state index is -0.683. The maximum absolute atomic E-state index is 13.6. The number of rotatable bonds is 1. The molecule has 0 amide bonds. The van der Waals surface area contributed by atoms with E-state index in [2.05, 4.69) is 9.97 Å². The summed E-state index contributed by atoms with van der Waals surface area (Å²) in [5.74, 6) is -0.848. The van der Waals surface area contributed by atoms with Crippen molar-refractivity contribution in [1.29, 1.82) is 0 Å². The van der Waals surface area contributed by atoms with Crippen LogP contribution in [0.3, 0.4) is 0 Å². The van der Waals surface area contributed by atoms with Crippen LogP contribution in [-0.2, 0) is 0 Å². The first-order valence-electron chi connectivity index (χ1n) is 5.66. The lowest BCUT2D eigenvalue weighted by Crippen LogP contribution is -1.85. The van der Waals surface area contributed by atoms with Gasteiger partial charge in [0.2, 0.25) is 0 Å². The highest BCUT2D eigenvalue weighted by Gasteiger charge is 2.12. The summed E-state index contributed by atoms with van der Waals surface area (Å²) in [5.41, 5.74) is 2.16. The first kappa shape index (κ1) is 12.1. The molecule has 0 fully saturated rings. The Morgan fingerprint density at radius 3 is 2.74 bits per heavy atom. The predicted molar refractivity (Wildman–Crippen MR) is 71.2 cm³/mol. The van der Waals surface area contributed by atoms with Crippen molar-refractivity contribution in [3.63, 3.8) is 0 Å². The molecule has 96 valence electrons. The van der Waals surface area contributed by atoms with E-state index in [-0.39, 0.29) is 5.52 Å². The van der Waals surface area contributed by atoms with Gasteiger partial charge in [-0.2, -0.15) is 0 Å². The van der Waals surface area contributed by atoms with Crippen LogP contribution in [0.1, 0.15) is 5.56 Å². The second kappa shape index (κ2) is 4.31. The van der Waals surface area contributed by atoms with E-state index in [0.717, 1.165) is 17.2 Å². The van der Waals surface area contributed by atoms with Gasteiger partial charge in [-0.25, -0.2) is 13.8 Å². The fraction of sp³-hybridized carbons (Fsp3) is 0.0714. The van der Waals surface area contributed by atoms with Crippen molar-refractivity contribution in [2.75, 3.05) is 0 Å². The molecular weight excluding hydrogens is 270 g/mol. The largest absolute Gasteiger partial charge is 0.338 e. The summed E-state index contributed by atoms with van der Waals surface area (Å²) in [7, 11) is 0. The van der Waals surface area contributed by atoms with Crippen molar-refractivity contribution < 1.29 is 8.78 Å². The second-order valence-corrected chi connectivity index (χ2v) is 4.76. The molecule has 0 aliphatic carbocycles. The Bertz CT molecular complexity index is 780. The van der Waals surface area contributed by atoms with Crippen LogP contribution >= 0.6 is 11.6 Å². The van der Waals surface area contributed by atoms with Gasteiger partial charge in [0.05, 0.1) is 5.52 Å². The molecule has 0 spiro atoms. The topological polar surface area (TPSA) is 28.7 Å². The van der Waals surface area contributed by atoms with Gasteiger partial charge < -0.3 is 4.98 Å². The smallest absolute Gasteiger partial charge is 0.153 e. The number of hydrogen-bond acceptors (Lipinski definition) is 1. The molecule has 0 radical (unpaired) electrons. The van der Waals surface area contributed by atoms with Crippen molar-refractivity contribution in [1.82, 2.24) is 9.97 Å². The van der Waals surface area contributed by atoms with Crippen LogP contribution in [0.2, 0.25) is 5.02 Å². The lowest BCUT2D eigenvalue weighted by atomic mass is 10.1. The Morgan fingerprint density at radius 2 is 1.95 bits per heavy atom. The van der Waals surface area contributed by atoms with E-state index >= 15 is 0 Å². The Balaban J connectivity index is 2.26. The number of hydrogen-bond donors (Lipinski definition) is 1. The molecule has 0 saturated heterocycles. The number of H-pyrrole nitrogens is 1. The molecule has 3 aromatic rings. The van der Waals surface area contributed by atoms with E-state index in [4.69, 9.17) is 11.6 Å². The van der Waals surface area contributed by atoms with Gasteiger partial charge in [-0.3, -0.25) is 0 Å². The van der Waals surface area contributed by atoms with E-state index in [1.807, 2.05) is 13.0 Å². The van der Waals surface area contributed by atoms with Gasteiger partial charge in [0.25, 0.3) is 0 Å². The van der Waals surface area contributed by atoms with Gasteiger partial charge in [0.1, 0.15) is 17.2 Å². The van der Waals surface area contributed by atoms with Crippen molar-refractivity contribution in [2.24, 2.45) is 0 Å². The molecule has 5 heteroatoms. The van der Waals surface area contributed by atoms with Crippen LogP contribution in [0.25, 0.3) is 22.4 Å². The normalized spacial score (nSPS) is 11.2. The summed E-state index contributed by atoms with van der Waals surface area (Å²) < 4.78 is 26.8. The Morgan fingerprint density at radius 1 is 1.16 bits per heavy atom. The van der Waals surface area contributed by atoms with Gasteiger partial charge >= 0.3 is 0 Å². The lowest BCUT2D eigenvalue weighted by molar-refractivity contribution is 0.591. The lowest BCUT2D eigenvalue weighted by Gasteiger charge is -2.02. The maximum Gasteiger partial charge on any atom is 0.153 e. The monoisotopic (exact) mass is 278 g/mol. The van der Waals surface area contributed by atoms with Crippen LogP contribution < -0.4 is 0 Å². The first-order chi connectivity index (χ1) is 9.04. The van der Waals surface area contributed by atoms with E-state index in [1.165, 1.54) is 6.07 Å². The van der Waals surface area contributed by atoms with E-state index in [1.54, 1.807) is 12.1 Å². The maximum atomic E-state index is 13.6. The van der Waals surface area contributed by atoms with Crippen molar-refractivity contribution in [2.45, 2.75) is 6.92 Å². The van der Waals surface area contributed by atoms with Crippen molar-refractivity contribution in [3.8, 4) is 11.4 Å². The minimum Gasteiger partial charge on any atom is -0.338 e. The molecule has 0 unspecified atom stereocenters. The Labute approximate surface area is 113 Å². The number of nitrogens with one attached hydrogen (secondary N) is 1. The molecule has 0 bridgehead atoms. The molecule has 0 saturated carbocycles. The number of benzene rings is 2. The number of aromatic nitrogens is 2. The molecule has 0 aliphatic rings. The highest BCUT2D eigenvalue weighted by Crippen LogP contribution is 2.27. The van der Waals surface area contributed by atoms with Crippen LogP contribution in [0.4, 0.5) is 8.78 Å². The molecule has 19 heavy (non-hydrogen) atoms. The number of nitrogens with zero attached hydrogens (tertiary/aromatic N) is 1. The predicted octanol–water partition coefficient (Wildman–Crippen LogP) is 4.47. The van der Waals surface area contributed by atoms with Gasteiger partial charge in [-0.1, -0.05) is 17.7 Å². The highest BCUT2D eigenvalue weighted by molar-refractivity contribution is 6.30. The third kappa shape index (κ3) is 2.08. The number of aryl methyl sites for hydroxylation is 1. The summed E-state index contributed by atoms with van der Waals surface area (Å²) in [6.07, 6.45) is 0. The average molecular weight is 279 g/mol. The van der Waals surface area contributed by atoms with E-state index < -0.39 is 11.6 Å². The third-order valence-corrected chi connectivity index (χ3v) is 3.19. The molecule has 1 N–H and O–H groups in total. The first-order valence-corrected chi connectivity index (χ1v) is 6.03.